The maximum Gasteiger partial charge on any atom is 0.126 e. The van der Waals surface area contributed by atoms with Crippen LogP contribution in [0.15, 0.2) is 18.2 Å². The molecule has 2 rings (SSSR count). The van der Waals surface area contributed by atoms with Gasteiger partial charge in [0.15, 0.2) is 0 Å². The predicted molar refractivity (Wildman–Crippen MR) is 65.5 cm³/mol. The zero-order valence-corrected chi connectivity index (χ0v) is 10.3. The molecule has 17 heavy (non-hydrogen) atoms. The fourth-order valence-electron chi connectivity index (χ4n) is 2.40. The Morgan fingerprint density at radius 2 is 2.29 bits per heavy atom. The van der Waals surface area contributed by atoms with Crippen molar-refractivity contribution in [1.29, 1.82) is 0 Å². The molecule has 4 heteroatoms. The summed E-state index contributed by atoms with van der Waals surface area (Å²) in [6.07, 6.45) is 1.11. The van der Waals surface area contributed by atoms with Crippen LogP contribution < -0.4 is 5.32 Å². The van der Waals surface area contributed by atoms with Gasteiger partial charge in [0.25, 0.3) is 0 Å². The zero-order valence-electron chi connectivity index (χ0n) is 10.3. The molecule has 1 heterocycles. The summed E-state index contributed by atoms with van der Waals surface area (Å²) in [4.78, 5) is 2.27. The molecule has 3 nitrogen and oxygen atoms in total. The van der Waals surface area contributed by atoms with Gasteiger partial charge in [-0.2, -0.15) is 0 Å². The molecule has 0 bridgehead atoms. The molecule has 2 unspecified atom stereocenters. The molecule has 0 spiro atoms. The maximum absolute atomic E-state index is 12.9. The van der Waals surface area contributed by atoms with Crippen LogP contribution in [0.25, 0.3) is 0 Å². The molecule has 0 saturated carbocycles. The van der Waals surface area contributed by atoms with E-state index in [-0.39, 0.29) is 11.8 Å². The summed E-state index contributed by atoms with van der Waals surface area (Å²) in [6, 6.07) is 4.66. The number of aromatic hydroxyl groups is 1. The SMILES string of the molecule is CC(NC1CCN(C)C1)c1ccc(F)cc1O. The molecule has 0 aliphatic carbocycles. The monoisotopic (exact) mass is 238 g/mol. The molecule has 0 amide bonds. The van der Waals surface area contributed by atoms with Crippen LogP contribution in [0.2, 0.25) is 0 Å². The summed E-state index contributed by atoms with van der Waals surface area (Å²) >= 11 is 0. The van der Waals surface area contributed by atoms with Crippen LogP contribution in [-0.4, -0.2) is 36.2 Å². The Kier molecular flexibility index (Phi) is 3.64. The Labute approximate surface area is 101 Å². The highest BCUT2D eigenvalue weighted by Gasteiger charge is 2.22. The highest BCUT2D eigenvalue weighted by Crippen LogP contribution is 2.25. The van der Waals surface area contributed by atoms with E-state index in [9.17, 15) is 9.50 Å². The van der Waals surface area contributed by atoms with Crippen molar-refractivity contribution in [3.8, 4) is 5.75 Å². The minimum Gasteiger partial charge on any atom is -0.508 e. The molecule has 94 valence electrons. The van der Waals surface area contributed by atoms with Gasteiger partial charge < -0.3 is 15.3 Å². The molecule has 2 N–H and O–H groups in total. The van der Waals surface area contributed by atoms with E-state index in [1.807, 2.05) is 6.92 Å². The summed E-state index contributed by atoms with van der Waals surface area (Å²) in [5.74, 6) is -0.379. The van der Waals surface area contributed by atoms with Crippen LogP contribution in [-0.2, 0) is 0 Å². The summed E-state index contributed by atoms with van der Waals surface area (Å²) in [7, 11) is 2.10. The lowest BCUT2D eigenvalue weighted by atomic mass is 10.1. The van der Waals surface area contributed by atoms with Gasteiger partial charge in [-0.05, 0) is 33.0 Å². The highest BCUT2D eigenvalue weighted by atomic mass is 19.1. The van der Waals surface area contributed by atoms with Crippen molar-refractivity contribution in [2.24, 2.45) is 0 Å². The van der Waals surface area contributed by atoms with Gasteiger partial charge in [-0.1, -0.05) is 6.07 Å². The van der Waals surface area contributed by atoms with Gasteiger partial charge in [-0.15, -0.1) is 0 Å². The lowest BCUT2D eigenvalue weighted by Crippen LogP contribution is -2.33. The molecule has 0 radical (unpaired) electrons. The fourth-order valence-corrected chi connectivity index (χ4v) is 2.40. The largest absolute Gasteiger partial charge is 0.508 e. The quantitative estimate of drug-likeness (QED) is 0.844. The third kappa shape index (κ3) is 2.96. The number of likely N-dealkylation sites (N-methyl/N-ethyl adjacent to an activating group) is 1. The Morgan fingerprint density at radius 1 is 1.53 bits per heavy atom. The normalized spacial score (nSPS) is 22.9. The number of phenolic OH excluding ortho intramolecular Hbond substituents is 1. The number of nitrogens with one attached hydrogen (secondary N) is 1. The molecule has 0 aromatic heterocycles. The summed E-state index contributed by atoms with van der Waals surface area (Å²) in [5.41, 5.74) is 0.751. The van der Waals surface area contributed by atoms with Crippen LogP contribution in [0.3, 0.4) is 0 Å². The summed E-state index contributed by atoms with van der Waals surface area (Å²) < 4.78 is 12.9. The molecule has 1 aromatic carbocycles. The van der Waals surface area contributed by atoms with Gasteiger partial charge in [0.1, 0.15) is 11.6 Å². The van der Waals surface area contributed by atoms with Crippen molar-refractivity contribution in [2.45, 2.75) is 25.4 Å². The van der Waals surface area contributed by atoms with Crippen LogP contribution in [0.5, 0.6) is 5.75 Å². The average molecular weight is 238 g/mol. The fraction of sp³-hybridized carbons (Fsp3) is 0.538. The third-order valence-electron chi connectivity index (χ3n) is 3.34. The predicted octanol–water partition coefficient (Wildman–Crippen LogP) is 1.89. The lowest BCUT2D eigenvalue weighted by molar-refractivity contribution is 0.382. The summed E-state index contributed by atoms with van der Waals surface area (Å²) in [5, 5.41) is 13.2. The first-order chi connectivity index (χ1) is 8.06. The van der Waals surface area contributed by atoms with Crippen LogP contribution in [0.4, 0.5) is 4.39 Å². The number of rotatable bonds is 3. The van der Waals surface area contributed by atoms with Crippen LogP contribution in [0.1, 0.15) is 24.9 Å². The van der Waals surface area contributed by atoms with Crippen LogP contribution in [0, 0.1) is 5.82 Å². The van der Waals surface area contributed by atoms with E-state index in [0.717, 1.165) is 31.1 Å². The van der Waals surface area contributed by atoms with E-state index >= 15 is 0 Å². The van der Waals surface area contributed by atoms with E-state index in [1.165, 1.54) is 6.07 Å². The lowest BCUT2D eigenvalue weighted by Gasteiger charge is -2.20. The summed E-state index contributed by atoms with van der Waals surface area (Å²) in [6.45, 7) is 4.11. The van der Waals surface area contributed by atoms with Gasteiger partial charge in [0, 0.05) is 30.3 Å². The number of benzene rings is 1. The Hall–Kier alpha value is -1.13. The Morgan fingerprint density at radius 3 is 2.88 bits per heavy atom. The zero-order chi connectivity index (χ0) is 12.4. The van der Waals surface area contributed by atoms with Gasteiger partial charge in [-0.25, -0.2) is 4.39 Å². The van der Waals surface area contributed by atoms with E-state index in [1.54, 1.807) is 6.07 Å². The smallest absolute Gasteiger partial charge is 0.126 e. The Balaban J connectivity index is 2.01. The molecular weight excluding hydrogens is 219 g/mol. The number of hydrogen-bond donors (Lipinski definition) is 2. The maximum atomic E-state index is 12.9. The first kappa shape index (κ1) is 12.3. The van der Waals surface area contributed by atoms with Crippen molar-refractivity contribution in [1.82, 2.24) is 10.2 Å². The van der Waals surface area contributed by atoms with E-state index in [2.05, 4.69) is 17.3 Å². The van der Waals surface area contributed by atoms with E-state index in [0.29, 0.717) is 6.04 Å². The van der Waals surface area contributed by atoms with Crippen molar-refractivity contribution in [2.75, 3.05) is 20.1 Å². The van der Waals surface area contributed by atoms with Crippen LogP contribution >= 0.6 is 0 Å². The van der Waals surface area contributed by atoms with Crippen molar-refractivity contribution in [3.05, 3.63) is 29.6 Å². The second-order valence-corrected chi connectivity index (χ2v) is 4.84. The van der Waals surface area contributed by atoms with Crippen molar-refractivity contribution < 1.29 is 9.50 Å². The highest BCUT2D eigenvalue weighted by molar-refractivity contribution is 5.34. The van der Waals surface area contributed by atoms with E-state index < -0.39 is 5.82 Å². The third-order valence-corrected chi connectivity index (χ3v) is 3.34. The molecule has 1 aliphatic rings. The topological polar surface area (TPSA) is 35.5 Å². The molecule has 1 saturated heterocycles. The molecule has 2 atom stereocenters. The molecular formula is C13H19FN2O. The number of phenols is 1. The minimum absolute atomic E-state index is 0.0244. The van der Waals surface area contributed by atoms with Crippen molar-refractivity contribution >= 4 is 0 Å². The average Bonchev–Trinajstić information content (AvgIpc) is 2.63. The van der Waals surface area contributed by atoms with Gasteiger partial charge >= 0.3 is 0 Å². The first-order valence-corrected chi connectivity index (χ1v) is 5.99. The second kappa shape index (κ2) is 5.02. The number of halogens is 1. The van der Waals surface area contributed by atoms with E-state index in [4.69, 9.17) is 0 Å². The molecule has 1 aliphatic heterocycles. The minimum atomic E-state index is -0.404. The van der Waals surface area contributed by atoms with Gasteiger partial charge in [0.2, 0.25) is 0 Å². The standard InChI is InChI=1S/C13H19FN2O/c1-9(15-11-5-6-16(2)8-11)12-4-3-10(14)7-13(12)17/h3-4,7,9,11,15,17H,5-6,8H2,1-2H3. The second-order valence-electron chi connectivity index (χ2n) is 4.84. The van der Waals surface area contributed by atoms with Gasteiger partial charge in [-0.3, -0.25) is 0 Å². The number of likely N-dealkylation sites (tertiary alicyclic amines) is 1. The first-order valence-electron chi connectivity index (χ1n) is 5.99. The van der Waals surface area contributed by atoms with Gasteiger partial charge in [0.05, 0.1) is 0 Å². The van der Waals surface area contributed by atoms with Crippen molar-refractivity contribution in [3.63, 3.8) is 0 Å². The number of nitrogens with zero attached hydrogens (tertiary/aromatic N) is 1. The Bertz CT molecular complexity index is 397. The molecule has 1 fully saturated rings. The number of hydrogen-bond acceptors (Lipinski definition) is 3. The molecule has 1 aromatic rings.